The SMILES string of the molecule is Cc1ccccc1CC(=O)N1CCN(C(C)C)C(=O)C1. The van der Waals surface area contributed by atoms with Gasteiger partial charge in [-0.25, -0.2) is 0 Å². The van der Waals surface area contributed by atoms with Crippen LogP contribution in [0.1, 0.15) is 25.0 Å². The number of nitrogens with zero attached hydrogens (tertiary/aromatic N) is 2. The van der Waals surface area contributed by atoms with Crippen molar-refractivity contribution in [2.75, 3.05) is 19.6 Å². The van der Waals surface area contributed by atoms with Gasteiger partial charge in [0.05, 0.1) is 13.0 Å². The lowest BCUT2D eigenvalue weighted by atomic mass is 10.1. The lowest BCUT2D eigenvalue weighted by molar-refractivity contribution is -0.146. The Balaban J connectivity index is 1.98. The minimum absolute atomic E-state index is 0.0380. The first-order valence-electron chi connectivity index (χ1n) is 7.11. The Morgan fingerprint density at radius 3 is 2.55 bits per heavy atom. The predicted octanol–water partition coefficient (Wildman–Crippen LogP) is 1.62. The lowest BCUT2D eigenvalue weighted by Gasteiger charge is -2.36. The molecule has 1 heterocycles. The van der Waals surface area contributed by atoms with Crippen LogP contribution >= 0.6 is 0 Å². The van der Waals surface area contributed by atoms with E-state index in [1.807, 2.05) is 49.9 Å². The average molecular weight is 274 g/mol. The molecular weight excluding hydrogens is 252 g/mol. The first kappa shape index (κ1) is 14.6. The van der Waals surface area contributed by atoms with E-state index in [-0.39, 0.29) is 24.4 Å². The van der Waals surface area contributed by atoms with Gasteiger partial charge in [0.15, 0.2) is 0 Å². The summed E-state index contributed by atoms with van der Waals surface area (Å²) < 4.78 is 0. The van der Waals surface area contributed by atoms with Gasteiger partial charge in [-0.15, -0.1) is 0 Å². The van der Waals surface area contributed by atoms with Gasteiger partial charge in [0.2, 0.25) is 11.8 Å². The number of hydrogen-bond acceptors (Lipinski definition) is 2. The molecule has 4 heteroatoms. The van der Waals surface area contributed by atoms with Crippen LogP contribution in [0, 0.1) is 6.92 Å². The summed E-state index contributed by atoms with van der Waals surface area (Å²) in [6.07, 6.45) is 0.377. The minimum Gasteiger partial charge on any atom is -0.337 e. The summed E-state index contributed by atoms with van der Waals surface area (Å²) in [6, 6.07) is 8.09. The van der Waals surface area contributed by atoms with Gasteiger partial charge in [0, 0.05) is 19.1 Å². The van der Waals surface area contributed by atoms with Crippen molar-refractivity contribution >= 4 is 11.8 Å². The Morgan fingerprint density at radius 2 is 1.95 bits per heavy atom. The maximum atomic E-state index is 12.3. The summed E-state index contributed by atoms with van der Waals surface area (Å²) in [6.45, 7) is 7.49. The highest BCUT2D eigenvalue weighted by molar-refractivity contribution is 5.87. The molecule has 0 N–H and O–H groups in total. The summed E-state index contributed by atoms with van der Waals surface area (Å²) in [5, 5.41) is 0. The third-order valence-electron chi connectivity index (χ3n) is 3.84. The van der Waals surface area contributed by atoms with Crippen molar-refractivity contribution in [1.29, 1.82) is 0 Å². The normalized spacial score (nSPS) is 15.9. The molecule has 2 rings (SSSR count). The summed E-state index contributed by atoms with van der Waals surface area (Å²) in [5.41, 5.74) is 2.16. The molecule has 0 aliphatic carbocycles. The van der Waals surface area contributed by atoms with Crippen molar-refractivity contribution in [3.8, 4) is 0 Å². The van der Waals surface area contributed by atoms with E-state index in [4.69, 9.17) is 0 Å². The number of piperazine rings is 1. The molecule has 20 heavy (non-hydrogen) atoms. The van der Waals surface area contributed by atoms with E-state index in [2.05, 4.69) is 0 Å². The van der Waals surface area contributed by atoms with Crippen LogP contribution in [-0.4, -0.2) is 47.3 Å². The second-order valence-electron chi connectivity index (χ2n) is 5.60. The highest BCUT2D eigenvalue weighted by Crippen LogP contribution is 2.12. The van der Waals surface area contributed by atoms with Crippen LogP contribution < -0.4 is 0 Å². The molecule has 2 amide bonds. The maximum Gasteiger partial charge on any atom is 0.242 e. The van der Waals surface area contributed by atoms with Gasteiger partial charge in [-0.3, -0.25) is 9.59 Å². The Labute approximate surface area is 120 Å². The number of aryl methyl sites for hydroxylation is 1. The minimum atomic E-state index is 0.0380. The van der Waals surface area contributed by atoms with E-state index >= 15 is 0 Å². The van der Waals surface area contributed by atoms with E-state index < -0.39 is 0 Å². The molecule has 0 unspecified atom stereocenters. The largest absolute Gasteiger partial charge is 0.337 e. The number of rotatable bonds is 3. The summed E-state index contributed by atoms with van der Waals surface area (Å²) >= 11 is 0. The first-order valence-corrected chi connectivity index (χ1v) is 7.11. The van der Waals surface area contributed by atoms with Crippen molar-refractivity contribution in [2.45, 2.75) is 33.2 Å². The van der Waals surface area contributed by atoms with Crippen LogP contribution in [0.4, 0.5) is 0 Å². The fourth-order valence-electron chi connectivity index (χ4n) is 2.53. The molecule has 1 aromatic carbocycles. The van der Waals surface area contributed by atoms with Gasteiger partial charge in [0.25, 0.3) is 0 Å². The molecule has 1 saturated heterocycles. The summed E-state index contributed by atoms with van der Waals surface area (Å²) in [7, 11) is 0. The van der Waals surface area contributed by atoms with Crippen LogP contribution in [0.25, 0.3) is 0 Å². The van der Waals surface area contributed by atoms with Gasteiger partial charge < -0.3 is 9.80 Å². The molecule has 1 aliphatic rings. The number of carbonyl (C=O) groups is 2. The Bertz CT molecular complexity index is 511. The van der Waals surface area contributed by atoms with Crippen LogP contribution in [0.2, 0.25) is 0 Å². The molecule has 4 nitrogen and oxygen atoms in total. The van der Waals surface area contributed by atoms with Crippen molar-refractivity contribution < 1.29 is 9.59 Å². The zero-order valence-corrected chi connectivity index (χ0v) is 12.4. The van der Waals surface area contributed by atoms with Crippen molar-refractivity contribution in [2.24, 2.45) is 0 Å². The maximum absolute atomic E-state index is 12.3. The standard InChI is InChI=1S/C16H22N2O2/c1-12(2)18-9-8-17(11-16(18)20)15(19)10-14-7-5-4-6-13(14)3/h4-7,12H,8-11H2,1-3H3. The molecule has 1 fully saturated rings. The highest BCUT2D eigenvalue weighted by Gasteiger charge is 2.28. The molecule has 0 radical (unpaired) electrons. The molecule has 0 bridgehead atoms. The lowest BCUT2D eigenvalue weighted by Crippen LogP contribution is -2.54. The zero-order valence-electron chi connectivity index (χ0n) is 12.4. The van der Waals surface area contributed by atoms with Gasteiger partial charge in [-0.2, -0.15) is 0 Å². The topological polar surface area (TPSA) is 40.6 Å². The second kappa shape index (κ2) is 6.07. The number of benzene rings is 1. The predicted molar refractivity (Wildman–Crippen MR) is 78.3 cm³/mol. The third-order valence-corrected chi connectivity index (χ3v) is 3.84. The Hall–Kier alpha value is -1.84. The van der Waals surface area contributed by atoms with Crippen LogP contribution in [0.3, 0.4) is 0 Å². The number of hydrogen-bond donors (Lipinski definition) is 0. The van der Waals surface area contributed by atoms with Gasteiger partial charge in [-0.1, -0.05) is 24.3 Å². The molecule has 0 atom stereocenters. The van der Waals surface area contributed by atoms with Crippen LogP contribution in [0.15, 0.2) is 24.3 Å². The second-order valence-corrected chi connectivity index (χ2v) is 5.60. The smallest absolute Gasteiger partial charge is 0.242 e. The molecule has 1 aliphatic heterocycles. The molecule has 108 valence electrons. The van der Waals surface area contributed by atoms with Gasteiger partial charge in [0.1, 0.15) is 0 Å². The van der Waals surface area contributed by atoms with Gasteiger partial charge in [-0.05, 0) is 31.9 Å². The highest BCUT2D eigenvalue weighted by atomic mass is 16.2. The monoisotopic (exact) mass is 274 g/mol. The third kappa shape index (κ3) is 3.18. The fraction of sp³-hybridized carbons (Fsp3) is 0.500. The molecular formula is C16H22N2O2. The molecule has 0 spiro atoms. The Morgan fingerprint density at radius 1 is 1.25 bits per heavy atom. The zero-order chi connectivity index (χ0) is 14.7. The number of carbonyl (C=O) groups excluding carboxylic acids is 2. The summed E-state index contributed by atoms with van der Waals surface area (Å²) in [5.74, 6) is 0.0837. The summed E-state index contributed by atoms with van der Waals surface area (Å²) in [4.78, 5) is 27.8. The van der Waals surface area contributed by atoms with E-state index in [1.165, 1.54) is 0 Å². The van der Waals surface area contributed by atoms with E-state index in [0.717, 1.165) is 11.1 Å². The van der Waals surface area contributed by atoms with E-state index in [0.29, 0.717) is 19.5 Å². The number of amides is 2. The van der Waals surface area contributed by atoms with Crippen LogP contribution in [-0.2, 0) is 16.0 Å². The van der Waals surface area contributed by atoms with E-state index in [9.17, 15) is 9.59 Å². The fourth-order valence-corrected chi connectivity index (χ4v) is 2.53. The van der Waals surface area contributed by atoms with E-state index in [1.54, 1.807) is 4.90 Å². The molecule has 0 aromatic heterocycles. The quantitative estimate of drug-likeness (QED) is 0.840. The first-order chi connectivity index (χ1) is 9.49. The Kier molecular flexibility index (Phi) is 4.42. The van der Waals surface area contributed by atoms with Crippen molar-refractivity contribution in [1.82, 2.24) is 9.80 Å². The van der Waals surface area contributed by atoms with Crippen molar-refractivity contribution in [3.63, 3.8) is 0 Å². The molecule has 1 aromatic rings. The average Bonchev–Trinajstić information content (AvgIpc) is 2.40. The van der Waals surface area contributed by atoms with Crippen molar-refractivity contribution in [3.05, 3.63) is 35.4 Å². The molecule has 0 saturated carbocycles. The van der Waals surface area contributed by atoms with Crippen LogP contribution in [0.5, 0.6) is 0 Å². The van der Waals surface area contributed by atoms with Gasteiger partial charge >= 0.3 is 0 Å².